The number of imide groups is 1. The van der Waals surface area contributed by atoms with E-state index < -0.39 is 0 Å². The number of hydrogen-bond donors (Lipinski definition) is 1. The Kier molecular flexibility index (Phi) is 16.4. The number of rotatable bonds is 15. The summed E-state index contributed by atoms with van der Waals surface area (Å²) in [7, 11) is 0. The minimum Gasteiger partial charge on any atom is -0.297 e. The first-order chi connectivity index (χ1) is 11.2. The lowest BCUT2D eigenvalue weighted by Crippen LogP contribution is -2.27. The van der Waals surface area contributed by atoms with Crippen LogP contribution in [0.3, 0.4) is 0 Å². The fourth-order valence-corrected chi connectivity index (χ4v) is 2.62. The van der Waals surface area contributed by atoms with Crippen LogP contribution >= 0.6 is 0 Å². The Labute approximate surface area is 143 Å². The SMILES string of the molecule is CCCCCCCC/C=C\CCCCCCCC(=O)NC(C)=O. The largest absolute Gasteiger partial charge is 0.297 e. The molecule has 0 aliphatic heterocycles. The molecule has 0 saturated carbocycles. The Balaban J connectivity index is 3.19. The number of amides is 2. The number of carbonyl (C=O) groups is 2. The summed E-state index contributed by atoms with van der Waals surface area (Å²) in [4.78, 5) is 21.9. The van der Waals surface area contributed by atoms with Crippen LogP contribution in [0.25, 0.3) is 0 Å². The van der Waals surface area contributed by atoms with Crippen molar-refractivity contribution in [3.05, 3.63) is 12.2 Å². The Morgan fingerprint density at radius 3 is 1.74 bits per heavy atom. The van der Waals surface area contributed by atoms with Gasteiger partial charge in [-0.05, 0) is 32.1 Å². The quantitative estimate of drug-likeness (QED) is 0.311. The minimum atomic E-state index is -0.261. The summed E-state index contributed by atoms with van der Waals surface area (Å²) in [6.45, 7) is 3.63. The van der Waals surface area contributed by atoms with Gasteiger partial charge in [0.1, 0.15) is 0 Å². The summed E-state index contributed by atoms with van der Waals surface area (Å²) >= 11 is 0. The van der Waals surface area contributed by atoms with E-state index in [2.05, 4.69) is 24.4 Å². The molecule has 134 valence electrons. The Morgan fingerprint density at radius 1 is 0.739 bits per heavy atom. The summed E-state index contributed by atoms with van der Waals surface area (Å²) in [5.74, 6) is -0.405. The van der Waals surface area contributed by atoms with Crippen LogP contribution in [-0.2, 0) is 9.59 Å². The van der Waals surface area contributed by atoms with E-state index in [1.807, 2.05) is 0 Å². The van der Waals surface area contributed by atoms with Crippen LogP contribution in [-0.4, -0.2) is 11.8 Å². The van der Waals surface area contributed by atoms with Gasteiger partial charge >= 0.3 is 0 Å². The second-order valence-corrected chi connectivity index (χ2v) is 6.44. The third kappa shape index (κ3) is 18.8. The molecule has 0 aromatic carbocycles. The molecule has 0 radical (unpaired) electrons. The van der Waals surface area contributed by atoms with Crippen LogP contribution in [0.2, 0.25) is 0 Å². The van der Waals surface area contributed by atoms with Crippen molar-refractivity contribution in [2.45, 2.75) is 104 Å². The van der Waals surface area contributed by atoms with Gasteiger partial charge in [0.25, 0.3) is 0 Å². The van der Waals surface area contributed by atoms with E-state index >= 15 is 0 Å². The second kappa shape index (κ2) is 17.2. The molecule has 0 atom stereocenters. The van der Waals surface area contributed by atoms with Crippen molar-refractivity contribution in [1.29, 1.82) is 0 Å². The van der Waals surface area contributed by atoms with Gasteiger partial charge in [0.2, 0.25) is 11.8 Å². The van der Waals surface area contributed by atoms with Crippen molar-refractivity contribution in [2.24, 2.45) is 0 Å². The maximum Gasteiger partial charge on any atom is 0.226 e. The third-order valence-electron chi connectivity index (χ3n) is 3.98. The maximum absolute atomic E-state index is 11.2. The molecule has 1 N–H and O–H groups in total. The van der Waals surface area contributed by atoms with E-state index in [0.29, 0.717) is 6.42 Å². The molecule has 3 heteroatoms. The first-order valence-corrected chi connectivity index (χ1v) is 9.62. The van der Waals surface area contributed by atoms with Gasteiger partial charge in [0, 0.05) is 13.3 Å². The summed E-state index contributed by atoms with van der Waals surface area (Å²) in [5, 5.41) is 2.31. The number of carbonyl (C=O) groups excluding carboxylic acids is 2. The monoisotopic (exact) mass is 323 g/mol. The highest BCUT2D eigenvalue weighted by molar-refractivity contribution is 5.93. The summed E-state index contributed by atoms with van der Waals surface area (Å²) in [6.07, 6.45) is 21.4. The standard InChI is InChI=1S/C20H37NO2/c1-3-4-5-6-7-8-9-10-11-12-13-14-15-16-17-18-20(23)21-19(2)22/h10-11H,3-9,12-18H2,1-2H3,(H,21,22,23)/b11-10-. The summed E-state index contributed by atoms with van der Waals surface area (Å²) in [6, 6.07) is 0. The van der Waals surface area contributed by atoms with E-state index in [4.69, 9.17) is 0 Å². The second-order valence-electron chi connectivity index (χ2n) is 6.44. The van der Waals surface area contributed by atoms with Gasteiger partial charge < -0.3 is 0 Å². The van der Waals surface area contributed by atoms with Crippen molar-refractivity contribution < 1.29 is 9.59 Å². The highest BCUT2D eigenvalue weighted by atomic mass is 16.2. The smallest absolute Gasteiger partial charge is 0.226 e. The minimum absolute atomic E-state index is 0.143. The zero-order valence-electron chi connectivity index (χ0n) is 15.4. The van der Waals surface area contributed by atoms with Gasteiger partial charge in [-0.1, -0.05) is 70.4 Å². The molecule has 3 nitrogen and oxygen atoms in total. The summed E-state index contributed by atoms with van der Waals surface area (Å²) in [5.41, 5.74) is 0. The Morgan fingerprint density at radius 2 is 1.22 bits per heavy atom. The van der Waals surface area contributed by atoms with Crippen LogP contribution in [0.5, 0.6) is 0 Å². The molecule has 2 amide bonds. The molecule has 23 heavy (non-hydrogen) atoms. The average Bonchev–Trinajstić information content (AvgIpc) is 2.50. The Hall–Kier alpha value is -1.12. The van der Waals surface area contributed by atoms with E-state index in [9.17, 15) is 9.59 Å². The van der Waals surface area contributed by atoms with E-state index in [-0.39, 0.29) is 11.8 Å². The lowest BCUT2D eigenvalue weighted by Gasteiger charge is -2.01. The molecular formula is C20H37NO2. The van der Waals surface area contributed by atoms with Crippen LogP contribution in [0.1, 0.15) is 104 Å². The third-order valence-corrected chi connectivity index (χ3v) is 3.98. The van der Waals surface area contributed by atoms with E-state index in [1.54, 1.807) is 0 Å². The average molecular weight is 324 g/mol. The van der Waals surface area contributed by atoms with Gasteiger partial charge in [-0.3, -0.25) is 14.9 Å². The van der Waals surface area contributed by atoms with Gasteiger partial charge in [0.15, 0.2) is 0 Å². The Bertz CT molecular complexity index is 324. The molecule has 0 aliphatic rings. The number of hydrogen-bond acceptors (Lipinski definition) is 2. The molecule has 0 unspecified atom stereocenters. The zero-order valence-corrected chi connectivity index (χ0v) is 15.4. The van der Waals surface area contributed by atoms with Crippen molar-refractivity contribution in [1.82, 2.24) is 5.32 Å². The maximum atomic E-state index is 11.2. The topological polar surface area (TPSA) is 46.2 Å². The number of nitrogens with one attached hydrogen (secondary N) is 1. The first kappa shape index (κ1) is 21.9. The van der Waals surface area contributed by atoms with Crippen LogP contribution in [0.4, 0.5) is 0 Å². The molecule has 0 aromatic heterocycles. The fraction of sp³-hybridized carbons (Fsp3) is 0.800. The molecule has 0 aromatic rings. The molecular weight excluding hydrogens is 286 g/mol. The fourth-order valence-electron chi connectivity index (χ4n) is 2.62. The van der Waals surface area contributed by atoms with Crippen LogP contribution < -0.4 is 5.32 Å². The van der Waals surface area contributed by atoms with Crippen LogP contribution in [0, 0.1) is 0 Å². The van der Waals surface area contributed by atoms with Crippen molar-refractivity contribution in [3.8, 4) is 0 Å². The lowest BCUT2D eigenvalue weighted by atomic mass is 10.1. The van der Waals surface area contributed by atoms with E-state index in [1.165, 1.54) is 77.6 Å². The summed E-state index contributed by atoms with van der Waals surface area (Å²) < 4.78 is 0. The predicted octanol–water partition coefficient (Wildman–Crippen LogP) is 5.69. The van der Waals surface area contributed by atoms with E-state index in [0.717, 1.165) is 12.8 Å². The van der Waals surface area contributed by atoms with Gasteiger partial charge in [-0.15, -0.1) is 0 Å². The predicted molar refractivity (Wildman–Crippen MR) is 98.3 cm³/mol. The van der Waals surface area contributed by atoms with Crippen molar-refractivity contribution in [2.75, 3.05) is 0 Å². The molecule has 0 heterocycles. The van der Waals surface area contributed by atoms with Gasteiger partial charge in [0.05, 0.1) is 0 Å². The number of allylic oxidation sites excluding steroid dienone is 2. The molecule has 0 rings (SSSR count). The molecule has 0 fully saturated rings. The first-order valence-electron chi connectivity index (χ1n) is 9.62. The number of unbranched alkanes of at least 4 members (excludes halogenated alkanes) is 11. The van der Waals surface area contributed by atoms with Gasteiger partial charge in [-0.25, -0.2) is 0 Å². The molecule has 0 aliphatic carbocycles. The molecule has 0 bridgehead atoms. The normalized spacial score (nSPS) is 11.0. The van der Waals surface area contributed by atoms with Crippen molar-refractivity contribution in [3.63, 3.8) is 0 Å². The highest BCUT2D eigenvalue weighted by Crippen LogP contribution is 2.09. The zero-order chi connectivity index (χ0) is 17.2. The lowest BCUT2D eigenvalue weighted by molar-refractivity contribution is -0.129. The molecule has 0 spiro atoms. The molecule has 0 saturated heterocycles. The highest BCUT2D eigenvalue weighted by Gasteiger charge is 2.02. The van der Waals surface area contributed by atoms with Crippen LogP contribution in [0.15, 0.2) is 12.2 Å². The van der Waals surface area contributed by atoms with Crippen molar-refractivity contribution >= 4 is 11.8 Å². The van der Waals surface area contributed by atoms with Gasteiger partial charge in [-0.2, -0.15) is 0 Å².